The first-order valence-electron chi connectivity index (χ1n) is 9.86. The maximum atomic E-state index is 12.4. The molecule has 1 aliphatic rings. The Bertz CT molecular complexity index is 915. The second kappa shape index (κ2) is 8.61. The molecule has 0 bridgehead atoms. The topological polar surface area (TPSA) is 94.6 Å². The Morgan fingerprint density at radius 3 is 2.62 bits per heavy atom. The minimum atomic E-state index is -0.255. The zero-order valence-corrected chi connectivity index (χ0v) is 17.3. The maximum absolute atomic E-state index is 12.4. The zero-order chi connectivity index (χ0) is 21.1. The molecule has 2 aromatic rings. The summed E-state index contributed by atoms with van der Waals surface area (Å²) in [5.41, 5.74) is 3.08. The van der Waals surface area contributed by atoms with Crippen LogP contribution in [0.3, 0.4) is 0 Å². The van der Waals surface area contributed by atoms with Gasteiger partial charge >= 0.3 is 0 Å². The number of amides is 2. The summed E-state index contributed by atoms with van der Waals surface area (Å²) in [6, 6.07) is 11.0. The van der Waals surface area contributed by atoms with E-state index in [1.54, 1.807) is 17.9 Å². The lowest BCUT2D eigenvalue weighted by molar-refractivity contribution is -0.117. The van der Waals surface area contributed by atoms with Crippen LogP contribution in [0.15, 0.2) is 36.4 Å². The van der Waals surface area contributed by atoms with Crippen LogP contribution in [0.4, 0.5) is 11.5 Å². The van der Waals surface area contributed by atoms with Crippen LogP contribution in [0.1, 0.15) is 48.4 Å². The molecule has 0 aliphatic carbocycles. The summed E-state index contributed by atoms with van der Waals surface area (Å²) >= 11 is 0. The molecular formula is C22H28N4O3. The molecule has 2 unspecified atom stereocenters. The summed E-state index contributed by atoms with van der Waals surface area (Å²) in [5, 5.41) is 15.2. The molecule has 0 radical (unpaired) electrons. The van der Waals surface area contributed by atoms with Gasteiger partial charge in [0.1, 0.15) is 5.82 Å². The molecule has 2 amide bonds. The average Bonchev–Trinajstić information content (AvgIpc) is 2.69. The summed E-state index contributed by atoms with van der Waals surface area (Å²) in [6.07, 6.45) is 0. The van der Waals surface area contributed by atoms with E-state index in [9.17, 15) is 9.59 Å². The number of anilines is 2. The molecule has 3 N–H and O–H groups in total. The highest BCUT2D eigenvalue weighted by Gasteiger charge is 2.38. The van der Waals surface area contributed by atoms with Crippen LogP contribution >= 0.6 is 0 Å². The van der Waals surface area contributed by atoms with E-state index in [2.05, 4.69) is 22.5 Å². The number of benzene rings is 1. The van der Waals surface area contributed by atoms with Crippen LogP contribution in [0.2, 0.25) is 0 Å². The molecule has 0 saturated heterocycles. The fourth-order valence-electron chi connectivity index (χ4n) is 3.90. The third kappa shape index (κ3) is 4.24. The van der Waals surface area contributed by atoms with Gasteiger partial charge in [0.2, 0.25) is 5.91 Å². The number of nitrogens with zero attached hydrogens (tertiary/aromatic N) is 2. The van der Waals surface area contributed by atoms with Crippen LogP contribution in [0.25, 0.3) is 0 Å². The Balaban J connectivity index is 2.05. The summed E-state index contributed by atoms with van der Waals surface area (Å²) in [5.74, 6) is 0.556. The monoisotopic (exact) mass is 396 g/mol. The highest BCUT2D eigenvalue weighted by atomic mass is 16.3. The Hall–Kier alpha value is -2.93. The lowest BCUT2D eigenvalue weighted by atomic mass is 9.82. The molecular weight excluding hydrogens is 368 g/mol. The van der Waals surface area contributed by atoms with Gasteiger partial charge in [0.05, 0.1) is 12.6 Å². The number of nitrogens with one attached hydrogen (secondary N) is 2. The lowest BCUT2D eigenvalue weighted by Crippen LogP contribution is -2.48. The molecule has 0 fully saturated rings. The van der Waals surface area contributed by atoms with Gasteiger partial charge in [-0.3, -0.25) is 9.59 Å². The van der Waals surface area contributed by atoms with E-state index in [1.165, 1.54) is 0 Å². The molecule has 1 aromatic heterocycles. The Labute approximate surface area is 171 Å². The van der Waals surface area contributed by atoms with Crippen molar-refractivity contribution in [1.82, 2.24) is 10.3 Å². The smallest absolute Gasteiger partial charge is 0.251 e. The minimum absolute atomic E-state index is 0.0172. The molecule has 0 saturated carbocycles. The highest BCUT2D eigenvalue weighted by Crippen LogP contribution is 2.42. The largest absolute Gasteiger partial charge is 0.395 e. The van der Waals surface area contributed by atoms with Gasteiger partial charge in [0, 0.05) is 42.4 Å². The van der Waals surface area contributed by atoms with Gasteiger partial charge < -0.3 is 20.6 Å². The third-order valence-corrected chi connectivity index (χ3v) is 5.51. The van der Waals surface area contributed by atoms with Crippen molar-refractivity contribution in [2.75, 3.05) is 23.4 Å². The van der Waals surface area contributed by atoms with E-state index in [0.717, 1.165) is 22.8 Å². The molecule has 2 heterocycles. The number of carbonyl (C=O) groups excluding carboxylic acids is 2. The number of aryl methyl sites for hydroxylation is 1. The van der Waals surface area contributed by atoms with Crippen molar-refractivity contribution in [3.05, 3.63) is 53.2 Å². The first-order valence-corrected chi connectivity index (χ1v) is 9.86. The van der Waals surface area contributed by atoms with Crippen molar-refractivity contribution in [3.8, 4) is 0 Å². The molecule has 7 nitrogen and oxygen atoms in total. The van der Waals surface area contributed by atoms with Crippen LogP contribution in [-0.4, -0.2) is 41.1 Å². The predicted molar refractivity (Wildman–Crippen MR) is 113 cm³/mol. The van der Waals surface area contributed by atoms with Crippen molar-refractivity contribution in [2.45, 2.75) is 39.8 Å². The lowest BCUT2D eigenvalue weighted by Gasteiger charge is -2.44. The third-order valence-electron chi connectivity index (χ3n) is 5.51. The van der Waals surface area contributed by atoms with Crippen LogP contribution in [0.5, 0.6) is 0 Å². The SMILES string of the molecule is CC(=O)N1c2ccc(C(=O)NCCO)cc2C(Nc2cccc(C)n2)C(C)[C@@H]1C. The summed E-state index contributed by atoms with van der Waals surface area (Å²) < 4.78 is 0. The standard InChI is InChI=1S/C22H28N4O3/c1-13-6-5-7-20(24-13)25-21-14(2)15(3)26(16(4)28)19-9-8-17(12-18(19)21)22(29)23-10-11-27/h5-9,12,14-15,21,27H,10-11H2,1-4H3,(H,23,29)(H,24,25)/t14?,15-,21?/m0/s1. The number of hydrogen-bond donors (Lipinski definition) is 3. The minimum Gasteiger partial charge on any atom is -0.395 e. The van der Waals surface area contributed by atoms with E-state index in [1.807, 2.05) is 44.2 Å². The number of rotatable bonds is 5. The van der Waals surface area contributed by atoms with Gasteiger partial charge in [-0.15, -0.1) is 0 Å². The highest BCUT2D eigenvalue weighted by molar-refractivity contribution is 5.98. The van der Waals surface area contributed by atoms with E-state index < -0.39 is 0 Å². The van der Waals surface area contributed by atoms with Crippen molar-refractivity contribution < 1.29 is 14.7 Å². The predicted octanol–water partition coefficient (Wildman–Crippen LogP) is 2.66. The van der Waals surface area contributed by atoms with Gasteiger partial charge in [-0.2, -0.15) is 0 Å². The molecule has 3 rings (SSSR count). The molecule has 154 valence electrons. The fraction of sp³-hybridized carbons (Fsp3) is 0.409. The van der Waals surface area contributed by atoms with Crippen molar-refractivity contribution in [1.29, 1.82) is 0 Å². The average molecular weight is 396 g/mol. The normalized spacial score (nSPS) is 20.7. The van der Waals surface area contributed by atoms with Gasteiger partial charge in [-0.1, -0.05) is 13.0 Å². The van der Waals surface area contributed by atoms with E-state index in [4.69, 9.17) is 5.11 Å². The van der Waals surface area contributed by atoms with Gasteiger partial charge in [-0.05, 0) is 49.7 Å². The van der Waals surface area contributed by atoms with Crippen LogP contribution in [0, 0.1) is 12.8 Å². The molecule has 29 heavy (non-hydrogen) atoms. The molecule has 3 atom stereocenters. The van der Waals surface area contributed by atoms with Crippen LogP contribution < -0.4 is 15.5 Å². The molecule has 1 aromatic carbocycles. The van der Waals surface area contributed by atoms with Crippen molar-refractivity contribution in [3.63, 3.8) is 0 Å². The summed E-state index contributed by atoms with van der Waals surface area (Å²) in [6.45, 7) is 7.70. The first kappa shape index (κ1) is 20.8. The maximum Gasteiger partial charge on any atom is 0.251 e. The molecule has 1 aliphatic heterocycles. The summed E-state index contributed by atoms with van der Waals surface area (Å²) in [7, 11) is 0. The second-order valence-electron chi connectivity index (χ2n) is 7.53. The Kier molecular flexibility index (Phi) is 6.17. The second-order valence-corrected chi connectivity index (χ2v) is 7.53. The number of aliphatic hydroxyl groups is 1. The van der Waals surface area contributed by atoms with Crippen LogP contribution in [-0.2, 0) is 4.79 Å². The van der Waals surface area contributed by atoms with E-state index >= 15 is 0 Å². The first-order chi connectivity index (χ1) is 13.8. The van der Waals surface area contributed by atoms with Crippen molar-refractivity contribution in [2.24, 2.45) is 5.92 Å². The number of carbonyl (C=O) groups is 2. The number of aromatic nitrogens is 1. The molecule has 0 spiro atoms. The van der Waals surface area contributed by atoms with Crippen molar-refractivity contribution >= 4 is 23.3 Å². The van der Waals surface area contributed by atoms with Gasteiger partial charge in [0.15, 0.2) is 0 Å². The van der Waals surface area contributed by atoms with Gasteiger partial charge in [-0.25, -0.2) is 4.98 Å². The number of hydrogen-bond acceptors (Lipinski definition) is 5. The van der Waals surface area contributed by atoms with E-state index in [-0.39, 0.29) is 43.0 Å². The molecule has 7 heteroatoms. The van der Waals surface area contributed by atoms with E-state index in [0.29, 0.717) is 5.56 Å². The Morgan fingerprint density at radius 1 is 1.21 bits per heavy atom. The number of aliphatic hydroxyl groups excluding tert-OH is 1. The van der Waals surface area contributed by atoms with Gasteiger partial charge in [0.25, 0.3) is 5.91 Å². The number of pyridine rings is 1. The Morgan fingerprint density at radius 2 is 1.97 bits per heavy atom. The quantitative estimate of drug-likeness (QED) is 0.722. The summed E-state index contributed by atoms with van der Waals surface area (Å²) in [4.78, 5) is 31.1. The fourth-order valence-corrected chi connectivity index (χ4v) is 3.90. The zero-order valence-electron chi connectivity index (χ0n) is 17.3. The number of fused-ring (bicyclic) bond motifs is 1.